The highest BCUT2D eigenvalue weighted by Crippen LogP contribution is 2.22. The van der Waals surface area contributed by atoms with E-state index in [1.54, 1.807) is 25.0 Å². The molecule has 2 heterocycles. The summed E-state index contributed by atoms with van der Waals surface area (Å²) in [5.41, 5.74) is 4.61. The van der Waals surface area contributed by atoms with Crippen LogP contribution in [0.3, 0.4) is 0 Å². The Morgan fingerprint density at radius 1 is 0.545 bits per heavy atom. The van der Waals surface area contributed by atoms with Crippen LogP contribution in [0.5, 0.6) is 0 Å². The van der Waals surface area contributed by atoms with Crippen LogP contribution in [0.4, 0.5) is 0 Å². The first-order chi connectivity index (χ1) is 10.9. The summed E-state index contributed by atoms with van der Waals surface area (Å²) in [6.45, 7) is 0. The van der Waals surface area contributed by atoms with Crippen LogP contribution in [-0.4, -0.2) is 19.1 Å². The van der Waals surface area contributed by atoms with E-state index >= 15 is 0 Å². The van der Waals surface area contributed by atoms with E-state index in [9.17, 15) is 0 Å². The number of imidazole rings is 2. The van der Waals surface area contributed by atoms with E-state index in [1.807, 2.05) is 21.5 Å². The van der Waals surface area contributed by atoms with Gasteiger partial charge in [-0.05, 0) is 35.4 Å². The van der Waals surface area contributed by atoms with E-state index < -0.39 is 0 Å². The Balaban J connectivity index is 1.62. The lowest BCUT2D eigenvalue weighted by molar-refractivity contribution is 1.06. The Hall–Kier alpha value is -3.14. The van der Waals surface area contributed by atoms with Gasteiger partial charge >= 0.3 is 0 Å². The van der Waals surface area contributed by atoms with E-state index in [-0.39, 0.29) is 0 Å². The second-order valence-electron chi connectivity index (χ2n) is 5.03. The van der Waals surface area contributed by atoms with Crippen LogP contribution in [0.2, 0.25) is 0 Å². The molecular weight excluding hydrogens is 272 g/mol. The molecule has 0 amide bonds. The number of nitrogens with zero attached hydrogens (tertiary/aromatic N) is 4. The number of hydrogen-bond donors (Lipinski definition) is 0. The normalized spacial score (nSPS) is 10.7. The van der Waals surface area contributed by atoms with Gasteiger partial charge in [-0.1, -0.05) is 24.3 Å². The smallest absolute Gasteiger partial charge is 0.0991 e. The van der Waals surface area contributed by atoms with Crippen LogP contribution in [-0.2, 0) is 0 Å². The predicted molar refractivity (Wildman–Crippen MR) is 86.1 cm³/mol. The van der Waals surface area contributed by atoms with Crippen molar-refractivity contribution in [1.29, 1.82) is 0 Å². The minimum absolute atomic E-state index is 1.11. The fourth-order valence-corrected chi connectivity index (χ4v) is 2.48. The van der Waals surface area contributed by atoms with Crippen LogP contribution in [0.1, 0.15) is 0 Å². The van der Waals surface area contributed by atoms with Crippen molar-refractivity contribution in [2.75, 3.05) is 0 Å². The number of benzene rings is 2. The number of aromatic nitrogens is 4. The lowest BCUT2D eigenvalue weighted by Gasteiger charge is -2.07. The van der Waals surface area contributed by atoms with E-state index in [0.29, 0.717) is 0 Å². The summed E-state index contributed by atoms with van der Waals surface area (Å²) in [5.74, 6) is 0. The molecule has 0 aliphatic heterocycles. The molecule has 0 saturated carbocycles. The highest BCUT2D eigenvalue weighted by atomic mass is 15.0. The van der Waals surface area contributed by atoms with Gasteiger partial charge in [-0.15, -0.1) is 0 Å². The Kier molecular flexibility index (Phi) is 3.05. The Labute approximate surface area is 128 Å². The molecule has 22 heavy (non-hydrogen) atoms. The van der Waals surface area contributed by atoms with Gasteiger partial charge in [0.05, 0.1) is 12.7 Å². The average Bonchev–Trinajstić information content (AvgIpc) is 3.29. The number of hydrogen-bond acceptors (Lipinski definition) is 2. The molecular formula is C18H14N4. The van der Waals surface area contributed by atoms with Crippen LogP contribution in [0, 0.1) is 0 Å². The van der Waals surface area contributed by atoms with E-state index in [4.69, 9.17) is 0 Å². The zero-order valence-electron chi connectivity index (χ0n) is 11.9. The van der Waals surface area contributed by atoms with Crippen LogP contribution < -0.4 is 0 Å². The molecule has 4 nitrogen and oxygen atoms in total. The van der Waals surface area contributed by atoms with Crippen molar-refractivity contribution >= 4 is 0 Å². The topological polar surface area (TPSA) is 35.6 Å². The van der Waals surface area contributed by atoms with Gasteiger partial charge in [0, 0.05) is 36.2 Å². The summed E-state index contributed by atoms with van der Waals surface area (Å²) in [7, 11) is 0. The molecule has 0 radical (unpaired) electrons. The third kappa shape index (κ3) is 2.31. The minimum atomic E-state index is 1.11. The summed E-state index contributed by atoms with van der Waals surface area (Å²) >= 11 is 0. The zero-order chi connectivity index (χ0) is 14.8. The summed E-state index contributed by atoms with van der Waals surface area (Å²) in [5, 5.41) is 0. The van der Waals surface area contributed by atoms with Crippen LogP contribution >= 0.6 is 0 Å². The first-order valence-corrected chi connectivity index (χ1v) is 7.07. The summed E-state index contributed by atoms with van der Waals surface area (Å²) in [6, 6.07) is 16.9. The molecule has 0 atom stereocenters. The van der Waals surface area contributed by atoms with Crippen LogP contribution in [0.15, 0.2) is 86.0 Å². The molecule has 0 aliphatic rings. The fraction of sp³-hybridized carbons (Fsp3) is 0. The third-order valence-electron chi connectivity index (χ3n) is 3.67. The monoisotopic (exact) mass is 286 g/mol. The lowest BCUT2D eigenvalue weighted by Crippen LogP contribution is -1.90. The summed E-state index contributed by atoms with van der Waals surface area (Å²) < 4.78 is 3.98. The highest BCUT2D eigenvalue weighted by molar-refractivity contribution is 5.65. The average molecular weight is 286 g/mol. The Morgan fingerprint density at radius 3 is 1.27 bits per heavy atom. The molecule has 4 aromatic rings. The highest BCUT2D eigenvalue weighted by Gasteiger charge is 2.01. The Morgan fingerprint density at radius 2 is 0.955 bits per heavy atom. The molecule has 2 aromatic carbocycles. The molecule has 0 fully saturated rings. The first-order valence-electron chi connectivity index (χ1n) is 7.07. The maximum Gasteiger partial charge on any atom is 0.0991 e. The van der Waals surface area contributed by atoms with Crippen molar-refractivity contribution in [3.8, 4) is 22.5 Å². The van der Waals surface area contributed by atoms with E-state index in [0.717, 1.165) is 11.4 Å². The fourth-order valence-electron chi connectivity index (χ4n) is 2.48. The molecule has 0 N–H and O–H groups in total. The molecule has 106 valence electrons. The van der Waals surface area contributed by atoms with Gasteiger partial charge in [0.2, 0.25) is 0 Å². The van der Waals surface area contributed by atoms with E-state index in [2.05, 4.69) is 58.5 Å². The second kappa shape index (κ2) is 5.33. The first kappa shape index (κ1) is 12.6. The van der Waals surface area contributed by atoms with Crippen molar-refractivity contribution in [2.24, 2.45) is 0 Å². The van der Waals surface area contributed by atoms with E-state index in [1.165, 1.54) is 11.1 Å². The quantitative estimate of drug-likeness (QED) is 0.575. The maximum absolute atomic E-state index is 4.07. The summed E-state index contributed by atoms with van der Waals surface area (Å²) in [4.78, 5) is 8.14. The van der Waals surface area contributed by atoms with Crippen molar-refractivity contribution < 1.29 is 0 Å². The van der Waals surface area contributed by atoms with Gasteiger partial charge in [-0.2, -0.15) is 0 Å². The van der Waals surface area contributed by atoms with Gasteiger partial charge in [0.25, 0.3) is 0 Å². The molecule has 0 spiro atoms. The zero-order valence-corrected chi connectivity index (χ0v) is 11.9. The molecule has 0 saturated heterocycles. The van der Waals surface area contributed by atoms with Gasteiger partial charge in [0.15, 0.2) is 0 Å². The minimum Gasteiger partial charge on any atom is -0.306 e. The molecule has 2 aromatic heterocycles. The van der Waals surface area contributed by atoms with Crippen molar-refractivity contribution in [2.45, 2.75) is 0 Å². The Bertz CT molecular complexity index is 767. The third-order valence-corrected chi connectivity index (χ3v) is 3.67. The molecule has 4 heteroatoms. The van der Waals surface area contributed by atoms with Crippen molar-refractivity contribution in [1.82, 2.24) is 19.1 Å². The predicted octanol–water partition coefficient (Wildman–Crippen LogP) is 3.73. The number of rotatable bonds is 3. The van der Waals surface area contributed by atoms with Gasteiger partial charge in [-0.3, -0.25) is 0 Å². The lowest BCUT2D eigenvalue weighted by atomic mass is 10.0. The maximum atomic E-state index is 4.07. The molecule has 0 bridgehead atoms. The largest absolute Gasteiger partial charge is 0.306 e. The SMILES string of the molecule is c1cn(-c2ccc(-c3ccc(-n4ccnc4)cc3)cc2)cn1. The molecule has 0 unspecified atom stereocenters. The van der Waals surface area contributed by atoms with Gasteiger partial charge in [-0.25, -0.2) is 9.97 Å². The van der Waals surface area contributed by atoms with Crippen LogP contribution in [0.25, 0.3) is 22.5 Å². The second-order valence-corrected chi connectivity index (χ2v) is 5.03. The van der Waals surface area contributed by atoms with Gasteiger partial charge < -0.3 is 9.13 Å². The molecule has 4 rings (SSSR count). The van der Waals surface area contributed by atoms with Gasteiger partial charge in [0.1, 0.15) is 0 Å². The molecule has 0 aliphatic carbocycles. The summed E-state index contributed by atoms with van der Waals surface area (Å²) in [6.07, 6.45) is 11.0. The van der Waals surface area contributed by atoms with Crippen molar-refractivity contribution in [3.63, 3.8) is 0 Å². The standard InChI is InChI=1S/C18H14N4/c1-5-17(21-11-9-19-13-21)6-2-15(1)16-3-7-18(8-4-16)22-12-10-20-14-22/h1-14H. The van der Waals surface area contributed by atoms with Crippen molar-refractivity contribution in [3.05, 3.63) is 86.0 Å².